The zero-order valence-electron chi connectivity index (χ0n) is 18.8. The lowest BCUT2D eigenvalue weighted by atomic mass is 10.1. The molecule has 0 bridgehead atoms. The van der Waals surface area contributed by atoms with Crippen molar-refractivity contribution in [2.45, 2.75) is 10.6 Å². The van der Waals surface area contributed by atoms with Gasteiger partial charge in [-0.15, -0.1) is 11.8 Å². The Morgan fingerprint density at radius 3 is 2.17 bits per heavy atom. The van der Waals surface area contributed by atoms with Crippen LogP contribution in [-0.4, -0.2) is 11.8 Å². The zero-order chi connectivity index (χ0) is 24.5. The maximum absolute atomic E-state index is 13.1. The second-order valence-electron chi connectivity index (χ2n) is 7.69. The molecule has 0 aliphatic rings. The minimum absolute atomic E-state index is 0.114. The topological polar surface area (TPSA) is 58.2 Å². The summed E-state index contributed by atoms with van der Waals surface area (Å²) in [5.41, 5.74) is 3.15. The van der Waals surface area contributed by atoms with E-state index in [0.29, 0.717) is 21.8 Å². The minimum Gasteiger partial charge on any atom is -0.321 e. The van der Waals surface area contributed by atoms with Gasteiger partial charge < -0.3 is 10.6 Å². The Bertz CT molecular complexity index is 1320. The van der Waals surface area contributed by atoms with Crippen molar-refractivity contribution < 1.29 is 9.59 Å². The van der Waals surface area contributed by atoms with E-state index >= 15 is 0 Å². The van der Waals surface area contributed by atoms with Crippen molar-refractivity contribution in [3.63, 3.8) is 0 Å². The summed E-state index contributed by atoms with van der Waals surface area (Å²) in [5.74, 6) is 0.0607. The van der Waals surface area contributed by atoms with Crippen LogP contribution in [0.15, 0.2) is 120 Å². The van der Waals surface area contributed by atoms with Gasteiger partial charge in [0.05, 0.1) is 0 Å². The van der Waals surface area contributed by atoms with Gasteiger partial charge in [-0.3, -0.25) is 9.59 Å². The Balaban J connectivity index is 1.47. The van der Waals surface area contributed by atoms with E-state index in [1.54, 1.807) is 60.3 Å². The number of anilines is 1. The van der Waals surface area contributed by atoms with Gasteiger partial charge in [0.1, 0.15) is 5.70 Å². The number of benzene rings is 4. The lowest BCUT2D eigenvalue weighted by Crippen LogP contribution is -2.30. The van der Waals surface area contributed by atoms with Crippen molar-refractivity contribution in [3.05, 3.63) is 137 Å². The minimum atomic E-state index is -0.432. The van der Waals surface area contributed by atoms with Crippen LogP contribution in [0.25, 0.3) is 6.08 Å². The number of carbonyl (C=O) groups is 2. The number of nitrogens with one attached hydrogen (secondary N) is 2. The third-order valence-corrected chi connectivity index (χ3v) is 6.37. The summed E-state index contributed by atoms with van der Waals surface area (Å²) in [5, 5.41) is 6.14. The molecular formula is C29H23ClN2O2S. The Hall–Kier alpha value is -3.80. The first-order valence-electron chi connectivity index (χ1n) is 11.0. The molecule has 0 fully saturated rings. The van der Waals surface area contributed by atoms with Crippen molar-refractivity contribution in [3.8, 4) is 0 Å². The molecule has 35 heavy (non-hydrogen) atoms. The molecule has 0 aliphatic carbocycles. The second-order valence-corrected chi connectivity index (χ2v) is 9.17. The highest BCUT2D eigenvalue weighted by Gasteiger charge is 2.15. The van der Waals surface area contributed by atoms with E-state index < -0.39 is 5.91 Å². The number of halogens is 1. The van der Waals surface area contributed by atoms with E-state index in [9.17, 15) is 9.59 Å². The van der Waals surface area contributed by atoms with Gasteiger partial charge in [0, 0.05) is 26.9 Å². The molecule has 174 valence electrons. The fraction of sp³-hybridized carbons (Fsp3) is 0.0345. The fourth-order valence-electron chi connectivity index (χ4n) is 3.28. The molecule has 4 aromatic rings. The number of hydrogen-bond donors (Lipinski definition) is 2. The highest BCUT2D eigenvalue weighted by molar-refractivity contribution is 7.98. The van der Waals surface area contributed by atoms with Crippen LogP contribution in [0.1, 0.15) is 21.5 Å². The number of carbonyl (C=O) groups excluding carboxylic acids is 2. The monoisotopic (exact) mass is 498 g/mol. The van der Waals surface area contributed by atoms with E-state index in [2.05, 4.69) is 22.8 Å². The molecule has 0 heterocycles. The van der Waals surface area contributed by atoms with Gasteiger partial charge in [-0.1, -0.05) is 72.3 Å². The summed E-state index contributed by atoms with van der Waals surface area (Å²) in [6.07, 6.45) is 1.60. The van der Waals surface area contributed by atoms with Gasteiger partial charge in [0.2, 0.25) is 0 Å². The van der Waals surface area contributed by atoms with Crippen LogP contribution in [-0.2, 0) is 10.5 Å². The molecule has 6 heteroatoms. The maximum atomic E-state index is 13.1. The van der Waals surface area contributed by atoms with Crippen LogP contribution in [0.3, 0.4) is 0 Å². The van der Waals surface area contributed by atoms with E-state index in [1.807, 2.05) is 54.6 Å². The molecule has 0 saturated heterocycles. The highest BCUT2D eigenvalue weighted by Crippen LogP contribution is 2.24. The van der Waals surface area contributed by atoms with Gasteiger partial charge in [-0.05, 0) is 65.7 Å². The SMILES string of the molecule is O=C(Nc1ccc(SCc2ccccc2)cc1)/C(=C/c1cccc(Cl)c1)NC(=O)c1ccccc1. The predicted octanol–water partition coefficient (Wildman–Crippen LogP) is 7.04. The van der Waals surface area contributed by atoms with Gasteiger partial charge >= 0.3 is 0 Å². The summed E-state index contributed by atoms with van der Waals surface area (Å²) in [6, 6.07) is 33.7. The van der Waals surface area contributed by atoms with Gasteiger partial charge in [-0.2, -0.15) is 0 Å². The summed E-state index contributed by atoms with van der Waals surface area (Å²) in [6.45, 7) is 0. The largest absolute Gasteiger partial charge is 0.321 e. The number of rotatable bonds is 8. The molecule has 0 atom stereocenters. The van der Waals surface area contributed by atoms with Gasteiger partial charge in [-0.25, -0.2) is 0 Å². The molecule has 4 rings (SSSR count). The maximum Gasteiger partial charge on any atom is 0.272 e. The molecule has 2 N–H and O–H groups in total. The van der Waals surface area contributed by atoms with E-state index in [0.717, 1.165) is 10.6 Å². The van der Waals surface area contributed by atoms with Crippen LogP contribution in [0.2, 0.25) is 5.02 Å². The standard InChI is InChI=1S/C29H23ClN2O2S/c30-24-13-7-10-22(18-24)19-27(32-28(33)23-11-5-2-6-12-23)29(34)31-25-14-16-26(17-15-25)35-20-21-8-3-1-4-9-21/h1-19H,20H2,(H,31,34)(H,32,33)/b27-19-. The van der Waals surface area contributed by atoms with Gasteiger partial charge in [0.15, 0.2) is 0 Å². The number of thioether (sulfide) groups is 1. The molecule has 4 nitrogen and oxygen atoms in total. The number of hydrogen-bond acceptors (Lipinski definition) is 3. The van der Waals surface area contributed by atoms with Crippen molar-refractivity contribution >= 4 is 46.9 Å². The molecule has 0 saturated carbocycles. The lowest BCUT2D eigenvalue weighted by Gasteiger charge is -2.12. The van der Waals surface area contributed by atoms with Crippen LogP contribution in [0.4, 0.5) is 5.69 Å². The van der Waals surface area contributed by atoms with E-state index in [4.69, 9.17) is 11.6 Å². The van der Waals surface area contributed by atoms with Crippen LogP contribution in [0.5, 0.6) is 0 Å². The van der Waals surface area contributed by atoms with Crippen molar-refractivity contribution in [1.82, 2.24) is 5.32 Å². The normalized spacial score (nSPS) is 11.1. The van der Waals surface area contributed by atoms with Crippen molar-refractivity contribution in [2.75, 3.05) is 5.32 Å². The van der Waals surface area contributed by atoms with Crippen molar-refractivity contribution in [1.29, 1.82) is 0 Å². The van der Waals surface area contributed by atoms with Crippen molar-refractivity contribution in [2.24, 2.45) is 0 Å². The smallest absolute Gasteiger partial charge is 0.272 e. The molecular weight excluding hydrogens is 476 g/mol. The first-order chi connectivity index (χ1) is 17.1. The summed E-state index contributed by atoms with van der Waals surface area (Å²) in [4.78, 5) is 27.0. The van der Waals surface area contributed by atoms with Crippen LogP contribution >= 0.6 is 23.4 Å². The Morgan fingerprint density at radius 1 is 0.800 bits per heavy atom. The second kappa shape index (κ2) is 12.1. The average Bonchev–Trinajstić information content (AvgIpc) is 2.89. The average molecular weight is 499 g/mol. The summed E-state index contributed by atoms with van der Waals surface area (Å²) in [7, 11) is 0. The molecule has 0 radical (unpaired) electrons. The van der Waals surface area contributed by atoms with Gasteiger partial charge in [0.25, 0.3) is 11.8 Å². The molecule has 2 amide bonds. The zero-order valence-corrected chi connectivity index (χ0v) is 20.4. The molecule has 4 aromatic carbocycles. The lowest BCUT2D eigenvalue weighted by molar-refractivity contribution is -0.113. The predicted molar refractivity (Wildman–Crippen MR) is 144 cm³/mol. The molecule has 0 aromatic heterocycles. The first-order valence-corrected chi connectivity index (χ1v) is 12.3. The Labute approximate surface area is 214 Å². The fourth-order valence-corrected chi connectivity index (χ4v) is 4.33. The number of amides is 2. The highest BCUT2D eigenvalue weighted by atomic mass is 35.5. The summed E-state index contributed by atoms with van der Waals surface area (Å²) >= 11 is 7.82. The van der Waals surface area contributed by atoms with E-state index in [-0.39, 0.29) is 11.6 Å². The Morgan fingerprint density at radius 2 is 1.49 bits per heavy atom. The summed E-state index contributed by atoms with van der Waals surface area (Å²) < 4.78 is 0. The molecule has 0 aliphatic heterocycles. The third kappa shape index (κ3) is 7.34. The van der Waals surface area contributed by atoms with Crippen LogP contribution in [0, 0.1) is 0 Å². The van der Waals surface area contributed by atoms with E-state index in [1.165, 1.54) is 5.56 Å². The molecule has 0 spiro atoms. The quantitative estimate of drug-likeness (QED) is 0.202. The molecule has 0 unspecified atom stereocenters. The van der Waals surface area contributed by atoms with Crippen LogP contribution < -0.4 is 10.6 Å². The first kappa shape index (κ1) is 24.3. The Kier molecular flexibility index (Phi) is 8.39. The third-order valence-electron chi connectivity index (χ3n) is 5.05.